The van der Waals surface area contributed by atoms with Gasteiger partial charge in [-0.15, -0.1) is 0 Å². The lowest BCUT2D eigenvalue weighted by atomic mass is 9.41. The van der Waals surface area contributed by atoms with Crippen LogP contribution in [0.5, 0.6) is 0 Å². The van der Waals surface area contributed by atoms with Gasteiger partial charge in [-0.25, -0.2) is 4.79 Å². The smallest absolute Gasteiger partial charge is 0.410 e. The van der Waals surface area contributed by atoms with Gasteiger partial charge in [-0.3, -0.25) is 4.79 Å². The van der Waals surface area contributed by atoms with Gasteiger partial charge in [-0.2, -0.15) is 0 Å². The lowest BCUT2D eigenvalue weighted by Crippen LogP contribution is -2.60. The molecule has 0 aromatic carbocycles. The van der Waals surface area contributed by atoms with E-state index in [-0.39, 0.29) is 76.2 Å². The molecular weight excluding hydrogens is 656 g/mol. The zero-order chi connectivity index (χ0) is 37.2. The Morgan fingerprint density at radius 2 is 1.63 bits per heavy atom. The Labute approximate surface area is 313 Å². The maximum Gasteiger partial charge on any atom is 0.410 e. The minimum atomic E-state index is -0.541. The van der Waals surface area contributed by atoms with Crippen molar-refractivity contribution in [3.8, 4) is 0 Å². The van der Waals surface area contributed by atoms with Crippen molar-refractivity contribution in [2.24, 2.45) is 62.6 Å². The van der Waals surface area contributed by atoms with Gasteiger partial charge in [0.2, 0.25) is 5.91 Å². The summed E-state index contributed by atoms with van der Waals surface area (Å²) in [7, 11) is 0. The molecule has 3 saturated heterocycles. The minimum Gasteiger partial charge on any atom is -0.443 e. The van der Waals surface area contributed by atoms with E-state index in [1.807, 2.05) is 4.90 Å². The zero-order valence-corrected chi connectivity index (χ0v) is 33.8. The lowest BCUT2D eigenvalue weighted by molar-refractivity contribution is -0.248. The maximum absolute atomic E-state index is 13.0. The first-order chi connectivity index (χ1) is 24.5. The first kappa shape index (κ1) is 37.5. The summed E-state index contributed by atoms with van der Waals surface area (Å²) in [4.78, 5) is 29.6. The van der Waals surface area contributed by atoms with Crippen LogP contribution < -0.4 is 0 Å². The van der Waals surface area contributed by atoms with Gasteiger partial charge in [0.1, 0.15) is 6.10 Å². The first-order valence-electron chi connectivity index (χ1n) is 21.3. The highest BCUT2D eigenvalue weighted by Crippen LogP contribution is 2.89. The lowest BCUT2D eigenvalue weighted by Gasteiger charge is -2.64. The largest absolute Gasteiger partial charge is 0.443 e. The molecule has 0 aromatic heterocycles. The molecule has 5 saturated carbocycles. The number of fused-ring (bicyclic) bond motifs is 4. The molecule has 2 amide bonds. The molecule has 0 radical (unpaired) electrons. The van der Waals surface area contributed by atoms with Crippen LogP contribution in [0.4, 0.5) is 4.79 Å². The average molecular weight is 727 g/mol. The molecule has 2 spiro atoms. The Bertz CT molecular complexity index is 1400. The molecule has 9 heteroatoms. The number of morpholine rings is 1. The maximum atomic E-state index is 13.0. The van der Waals surface area contributed by atoms with Crippen molar-refractivity contribution in [1.82, 2.24) is 9.80 Å². The van der Waals surface area contributed by atoms with Crippen LogP contribution in [0.25, 0.3) is 0 Å². The van der Waals surface area contributed by atoms with Crippen LogP contribution in [-0.2, 0) is 23.7 Å². The molecule has 8 fully saturated rings. The Morgan fingerprint density at radius 1 is 0.923 bits per heavy atom. The van der Waals surface area contributed by atoms with Gasteiger partial charge < -0.3 is 33.9 Å². The summed E-state index contributed by atoms with van der Waals surface area (Å²) in [5, 5.41) is 12.7. The van der Waals surface area contributed by atoms with Crippen molar-refractivity contribution in [2.75, 3.05) is 32.8 Å². The fraction of sp³-hybridized carbons (Fsp3) is 0.953. The van der Waals surface area contributed by atoms with Gasteiger partial charge in [0.05, 0.1) is 37.6 Å². The van der Waals surface area contributed by atoms with E-state index >= 15 is 0 Å². The number of rotatable bonds is 7. The number of aliphatic hydroxyl groups is 1. The van der Waals surface area contributed by atoms with E-state index in [1.54, 1.807) is 4.90 Å². The summed E-state index contributed by atoms with van der Waals surface area (Å²) in [6.45, 7) is 23.9. The molecule has 5 aliphatic carbocycles. The van der Waals surface area contributed by atoms with Gasteiger partial charge in [-0.05, 0) is 115 Å². The number of likely N-dealkylation sites (tertiary alicyclic amines) is 1. The number of hydrogen-bond donors (Lipinski definition) is 1. The Hall–Kier alpha value is -1.42. The first-order valence-corrected chi connectivity index (χ1v) is 21.3. The van der Waals surface area contributed by atoms with Crippen molar-refractivity contribution in [2.45, 2.75) is 163 Å². The topological polar surface area (TPSA) is 97.8 Å². The monoisotopic (exact) mass is 727 g/mol. The van der Waals surface area contributed by atoms with Gasteiger partial charge in [0, 0.05) is 31.5 Å². The van der Waals surface area contributed by atoms with Crippen LogP contribution in [0, 0.1) is 62.6 Å². The molecule has 9 nitrogen and oxygen atoms in total. The van der Waals surface area contributed by atoms with E-state index in [0.29, 0.717) is 55.2 Å². The normalized spacial score (nSPS) is 48.1. The van der Waals surface area contributed by atoms with E-state index in [4.69, 9.17) is 18.9 Å². The molecule has 0 aromatic rings. The van der Waals surface area contributed by atoms with Gasteiger partial charge in [0.25, 0.3) is 0 Å². The van der Waals surface area contributed by atoms with Crippen molar-refractivity contribution >= 4 is 12.0 Å². The highest BCUT2D eigenvalue weighted by atomic mass is 16.7. The van der Waals surface area contributed by atoms with Crippen LogP contribution >= 0.6 is 0 Å². The molecule has 52 heavy (non-hydrogen) atoms. The van der Waals surface area contributed by atoms with Crippen molar-refractivity contribution in [3.05, 3.63) is 0 Å². The number of ether oxygens (including phenoxy) is 4. The fourth-order valence-corrected chi connectivity index (χ4v) is 14.7. The van der Waals surface area contributed by atoms with Gasteiger partial charge >= 0.3 is 6.09 Å². The number of aliphatic hydroxyl groups excluding tert-OH is 1. The van der Waals surface area contributed by atoms with Crippen molar-refractivity contribution in [3.63, 3.8) is 0 Å². The standard InChI is InChI=1S/C43H70N2O7/c1-25(2)21-32(46)45-19-20-49-33(23-45)51-31-13-14-42-24-43(42)16-15-40(8)34-27(5)22-28(35(26(3)4)52-38(48)44-17-10-18-44)50-36(34)37(47)41(40,9)30(43)12-11-29(42)39(31,6)7/h25-31,33-37,47H,10-24H2,1-9H3/t27-,28?,29+,30?,31?,33?,34+,35-,36+,37+,40-,41-,42-,43+/m1/s1. The highest BCUT2D eigenvalue weighted by molar-refractivity contribution is 5.76. The molecule has 8 aliphatic rings. The molecule has 0 bridgehead atoms. The minimum absolute atomic E-state index is 0.00553. The summed E-state index contributed by atoms with van der Waals surface area (Å²) in [6, 6.07) is 0. The number of nitrogens with zero attached hydrogens (tertiary/aromatic N) is 2. The second-order valence-corrected chi connectivity index (χ2v) is 20.9. The summed E-state index contributed by atoms with van der Waals surface area (Å²) < 4.78 is 26.2. The third-order valence-electron chi connectivity index (χ3n) is 17.4. The molecule has 3 aliphatic heterocycles. The van der Waals surface area contributed by atoms with E-state index in [0.717, 1.165) is 45.2 Å². The Kier molecular flexibility index (Phi) is 9.24. The SMILES string of the molecule is CC(C)CC(=O)N1CCOC(OC2CC[C@]34C[C@]35CC[C@]3(C)[C@@H]6[C@H](OC([C@H](OC(=O)N7CCC7)C(C)C)C[C@H]6C)[C@H](O)[C@@]3(C)C5CC[C@H]4C2(C)C)C1. The molecule has 4 unspecified atom stereocenters. The van der Waals surface area contributed by atoms with Crippen LogP contribution in [-0.4, -0.2) is 96.5 Å². The third-order valence-corrected chi connectivity index (χ3v) is 17.4. The fourth-order valence-electron chi connectivity index (χ4n) is 14.7. The van der Waals surface area contributed by atoms with E-state index < -0.39 is 6.10 Å². The number of carbonyl (C=O) groups is 2. The Morgan fingerprint density at radius 3 is 2.31 bits per heavy atom. The molecule has 8 rings (SSSR count). The van der Waals surface area contributed by atoms with Gasteiger partial charge in [0.15, 0.2) is 6.29 Å². The predicted molar refractivity (Wildman–Crippen MR) is 198 cm³/mol. The average Bonchev–Trinajstić information content (AvgIpc) is 3.68. The summed E-state index contributed by atoms with van der Waals surface area (Å²) in [6.07, 6.45) is 8.86. The predicted octanol–water partition coefficient (Wildman–Crippen LogP) is 7.28. The highest BCUT2D eigenvalue weighted by Gasteiger charge is 2.84. The quantitative estimate of drug-likeness (QED) is 0.295. The van der Waals surface area contributed by atoms with Crippen LogP contribution in [0.15, 0.2) is 0 Å². The van der Waals surface area contributed by atoms with Crippen molar-refractivity contribution in [1.29, 1.82) is 0 Å². The summed E-state index contributed by atoms with van der Waals surface area (Å²) in [5.41, 5.74) is 0.307. The molecule has 1 N–H and O–H groups in total. The van der Waals surface area contributed by atoms with Crippen LogP contribution in [0.2, 0.25) is 0 Å². The number of amides is 2. The van der Waals surface area contributed by atoms with E-state index in [9.17, 15) is 14.7 Å². The number of hydrogen-bond acceptors (Lipinski definition) is 7. The van der Waals surface area contributed by atoms with Crippen LogP contribution in [0.3, 0.4) is 0 Å². The number of carbonyl (C=O) groups excluding carboxylic acids is 2. The third kappa shape index (κ3) is 5.26. The Balaban J connectivity index is 0.994. The molecule has 14 atom stereocenters. The van der Waals surface area contributed by atoms with E-state index in [2.05, 4.69) is 62.3 Å². The molecule has 3 heterocycles. The molecular formula is C43H70N2O7. The second kappa shape index (κ2) is 12.8. The zero-order valence-electron chi connectivity index (χ0n) is 33.8. The molecule has 294 valence electrons. The van der Waals surface area contributed by atoms with Crippen LogP contribution in [0.1, 0.15) is 127 Å². The second-order valence-electron chi connectivity index (χ2n) is 20.9. The summed E-state index contributed by atoms with van der Waals surface area (Å²) in [5.74, 6) is 2.38. The van der Waals surface area contributed by atoms with E-state index in [1.165, 1.54) is 25.7 Å². The van der Waals surface area contributed by atoms with Crippen molar-refractivity contribution < 1.29 is 33.6 Å². The van der Waals surface area contributed by atoms with Gasteiger partial charge in [-0.1, -0.05) is 62.3 Å². The summed E-state index contributed by atoms with van der Waals surface area (Å²) >= 11 is 0.